The molecule has 0 spiro atoms. The molecule has 4 heteroatoms. The maximum absolute atomic E-state index is 11.5. The predicted molar refractivity (Wildman–Crippen MR) is 64.5 cm³/mol. The van der Waals surface area contributed by atoms with E-state index in [0.29, 0.717) is 19.4 Å². The fraction of sp³-hybridized carbons (Fsp3) is 0.833. The maximum Gasteiger partial charge on any atom is 0.220 e. The summed E-state index contributed by atoms with van der Waals surface area (Å²) in [6.07, 6.45) is 2.62. The molecular formula is C12H23N3O. The summed E-state index contributed by atoms with van der Waals surface area (Å²) in [5.74, 6) is 0.0212. The lowest BCUT2D eigenvalue weighted by Crippen LogP contribution is -2.33. The van der Waals surface area contributed by atoms with Crippen LogP contribution in [0, 0.1) is 16.7 Å². The Labute approximate surface area is 98.2 Å². The van der Waals surface area contributed by atoms with Crippen molar-refractivity contribution in [1.29, 1.82) is 5.26 Å². The summed E-state index contributed by atoms with van der Waals surface area (Å²) >= 11 is 0. The highest BCUT2D eigenvalue weighted by Gasteiger charge is 2.18. The van der Waals surface area contributed by atoms with E-state index >= 15 is 0 Å². The summed E-state index contributed by atoms with van der Waals surface area (Å²) in [6, 6.07) is 1.97. The van der Waals surface area contributed by atoms with Crippen molar-refractivity contribution in [1.82, 2.24) is 5.32 Å². The Morgan fingerprint density at radius 2 is 2.12 bits per heavy atom. The van der Waals surface area contributed by atoms with Crippen LogP contribution in [0.5, 0.6) is 0 Å². The summed E-state index contributed by atoms with van der Waals surface area (Å²) in [5, 5.41) is 11.3. The second-order valence-corrected chi connectivity index (χ2v) is 5.03. The zero-order valence-electron chi connectivity index (χ0n) is 10.5. The number of nitriles is 1. The van der Waals surface area contributed by atoms with Gasteiger partial charge in [0.2, 0.25) is 5.91 Å². The smallest absolute Gasteiger partial charge is 0.220 e. The minimum atomic E-state index is -0.0601. The van der Waals surface area contributed by atoms with Gasteiger partial charge in [0, 0.05) is 12.5 Å². The second-order valence-electron chi connectivity index (χ2n) is 5.03. The predicted octanol–water partition coefficient (Wildman–Crippen LogP) is 1.56. The van der Waals surface area contributed by atoms with Gasteiger partial charge < -0.3 is 11.1 Å². The van der Waals surface area contributed by atoms with Crippen molar-refractivity contribution in [3.8, 4) is 6.07 Å². The number of nitrogens with two attached hydrogens (primary N) is 1. The van der Waals surface area contributed by atoms with Crippen LogP contribution >= 0.6 is 0 Å². The van der Waals surface area contributed by atoms with Crippen LogP contribution in [0.3, 0.4) is 0 Å². The molecule has 3 N–H and O–H groups in total. The van der Waals surface area contributed by atoms with Crippen molar-refractivity contribution in [2.24, 2.45) is 11.1 Å². The van der Waals surface area contributed by atoms with Crippen LogP contribution in [0.4, 0.5) is 0 Å². The maximum atomic E-state index is 11.5. The van der Waals surface area contributed by atoms with Crippen molar-refractivity contribution < 1.29 is 4.79 Å². The van der Waals surface area contributed by atoms with Crippen LogP contribution in [-0.4, -0.2) is 18.5 Å². The second kappa shape index (κ2) is 7.24. The molecule has 0 bridgehead atoms. The molecular weight excluding hydrogens is 202 g/mol. The van der Waals surface area contributed by atoms with E-state index in [1.54, 1.807) is 0 Å². The van der Waals surface area contributed by atoms with Crippen LogP contribution in [0.25, 0.3) is 0 Å². The van der Waals surface area contributed by atoms with E-state index in [0.717, 1.165) is 12.8 Å². The van der Waals surface area contributed by atoms with E-state index in [1.807, 2.05) is 13.0 Å². The van der Waals surface area contributed by atoms with Gasteiger partial charge in [0.05, 0.1) is 12.5 Å². The molecule has 1 unspecified atom stereocenters. The zero-order chi connectivity index (χ0) is 12.6. The largest absolute Gasteiger partial charge is 0.353 e. The van der Waals surface area contributed by atoms with Gasteiger partial charge in [-0.25, -0.2) is 0 Å². The first-order valence-corrected chi connectivity index (χ1v) is 5.77. The molecule has 0 aromatic carbocycles. The number of nitrogens with one attached hydrogen (secondary N) is 1. The molecule has 0 aliphatic rings. The number of carbonyl (C=O) groups excluding carboxylic acids is 1. The number of carbonyl (C=O) groups is 1. The number of amides is 1. The van der Waals surface area contributed by atoms with Crippen molar-refractivity contribution in [3.63, 3.8) is 0 Å². The van der Waals surface area contributed by atoms with Gasteiger partial charge in [0.1, 0.15) is 0 Å². The summed E-state index contributed by atoms with van der Waals surface area (Å²) in [5.41, 5.74) is 5.62. The lowest BCUT2D eigenvalue weighted by atomic mass is 9.84. The van der Waals surface area contributed by atoms with E-state index in [9.17, 15) is 4.79 Å². The summed E-state index contributed by atoms with van der Waals surface area (Å²) in [6.45, 7) is 6.73. The Morgan fingerprint density at radius 1 is 1.50 bits per heavy atom. The van der Waals surface area contributed by atoms with Gasteiger partial charge in [-0.3, -0.25) is 4.79 Å². The molecule has 1 amide bonds. The third-order valence-electron chi connectivity index (χ3n) is 2.65. The number of hydrogen-bond acceptors (Lipinski definition) is 3. The van der Waals surface area contributed by atoms with Gasteiger partial charge in [0.15, 0.2) is 0 Å². The summed E-state index contributed by atoms with van der Waals surface area (Å²) < 4.78 is 0. The molecule has 0 fully saturated rings. The van der Waals surface area contributed by atoms with Crippen LogP contribution in [0.15, 0.2) is 0 Å². The Hall–Kier alpha value is -1.08. The van der Waals surface area contributed by atoms with Gasteiger partial charge in [-0.2, -0.15) is 5.26 Å². The van der Waals surface area contributed by atoms with Gasteiger partial charge in [-0.05, 0) is 31.7 Å². The van der Waals surface area contributed by atoms with Crippen LogP contribution in [-0.2, 0) is 4.79 Å². The highest BCUT2D eigenvalue weighted by atomic mass is 16.1. The first-order chi connectivity index (χ1) is 7.41. The van der Waals surface area contributed by atoms with E-state index in [4.69, 9.17) is 11.0 Å². The van der Waals surface area contributed by atoms with Gasteiger partial charge in [-0.15, -0.1) is 0 Å². The quantitative estimate of drug-likeness (QED) is 0.690. The minimum absolute atomic E-state index is 0.0212. The monoisotopic (exact) mass is 225 g/mol. The van der Waals surface area contributed by atoms with Gasteiger partial charge >= 0.3 is 0 Å². The highest BCUT2D eigenvalue weighted by molar-refractivity contribution is 5.76. The topological polar surface area (TPSA) is 78.9 Å². The molecule has 1 atom stereocenters. The van der Waals surface area contributed by atoms with Crippen LogP contribution in [0.2, 0.25) is 0 Å². The molecule has 0 saturated carbocycles. The lowest BCUT2D eigenvalue weighted by molar-refractivity contribution is -0.122. The van der Waals surface area contributed by atoms with Crippen LogP contribution in [0.1, 0.15) is 46.5 Å². The van der Waals surface area contributed by atoms with E-state index in [-0.39, 0.29) is 17.4 Å². The number of nitrogens with zero attached hydrogens (tertiary/aromatic N) is 1. The third-order valence-corrected chi connectivity index (χ3v) is 2.65. The normalized spacial score (nSPS) is 12.9. The van der Waals surface area contributed by atoms with Crippen molar-refractivity contribution in [3.05, 3.63) is 0 Å². The Balaban J connectivity index is 3.85. The molecule has 0 radical (unpaired) electrons. The Kier molecular flexibility index (Phi) is 6.75. The average molecular weight is 225 g/mol. The average Bonchev–Trinajstić information content (AvgIpc) is 2.15. The van der Waals surface area contributed by atoms with Crippen molar-refractivity contribution in [2.45, 2.75) is 52.5 Å². The molecule has 92 valence electrons. The SMILES string of the molecule is CC(CC#N)NC(=O)CCC(C)(C)CCN. The Morgan fingerprint density at radius 3 is 2.62 bits per heavy atom. The van der Waals surface area contributed by atoms with E-state index in [1.165, 1.54) is 0 Å². The van der Waals surface area contributed by atoms with Crippen molar-refractivity contribution in [2.75, 3.05) is 6.54 Å². The highest BCUT2D eigenvalue weighted by Crippen LogP contribution is 2.25. The van der Waals surface area contributed by atoms with Gasteiger partial charge in [-0.1, -0.05) is 13.8 Å². The number of rotatable bonds is 7. The number of hydrogen-bond donors (Lipinski definition) is 2. The molecule has 0 heterocycles. The zero-order valence-corrected chi connectivity index (χ0v) is 10.5. The molecule has 0 aromatic rings. The lowest BCUT2D eigenvalue weighted by Gasteiger charge is -2.23. The summed E-state index contributed by atoms with van der Waals surface area (Å²) in [7, 11) is 0. The van der Waals surface area contributed by atoms with Crippen LogP contribution < -0.4 is 11.1 Å². The summed E-state index contributed by atoms with van der Waals surface area (Å²) in [4.78, 5) is 11.5. The fourth-order valence-electron chi connectivity index (χ4n) is 1.50. The first kappa shape index (κ1) is 14.9. The fourth-order valence-corrected chi connectivity index (χ4v) is 1.50. The molecule has 0 aliphatic heterocycles. The Bertz CT molecular complexity index is 255. The van der Waals surface area contributed by atoms with E-state index < -0.39 is 0 Å². The van der Waals surface area contributed by atoms with Crippen molar-refractivity contribution >= 4 is 5.91 Å². The molecule has 0 aromatic heterocycles. The van der Waals surface area contributed by atoms with E-state index in [2.05, 4.69) is 19.2 Å². The standard InChI is InChI=1S/C12H23N3O/c1-10(5-8-13)15-11(16)4-6-12(2,3)7-9-14/h10H,4-7,9,14H2,1-3H3,(H,15,16). The molecule has 4 nitrogen and oxygen atoms in total. The molecule has 0 aliphatic carbocycles. The third kappa shape index (κ3) is 7.24. The molecule has 16 heavy (non-hydrogen) atoms. The van der Waals surface area contributed by atoms with Gasteiger partial charge in [0.25, 0.3) is 0 Å². The first-order valence-electron chi connectivity index (χ1n) is 5.77. The molecule has 0 saturated heterocycles. The molecule has 0 rings (SSSR count). The minimum Gasteiger partial charge on any atom is -0.353 e.